The Labute approximate surface area is 70.4 Å². The zero-order chi connectivity index (χ0) is 8.10. The molecule has 0 amide bonds. The second kappa shape index (κ2) is 4.76. The highest BCUT2D eigenvalue weighted by Gasteiger charge is 2.15. The third-order valence-corrected chi connectivity index (χ3v) is 2.94. The second-order valence-electron chi connectivity index (χ2n) is 4.07. The van der Waals surface area contributed by atoms with Gasteiger partial charge in [-0.2, -0.15) is 0 Å². The van der Waals surface area contributed by atoms with Gasteiger partial charge >= 0.3 is 0 Å². The first-order valence-corrected chi connectivity index (χ1v) is 5.03. The molecule has 0 unspecified atom stereocenters. The van der Waals surface area contributed by atoms with E-state index in [2.05, 4.69) is 6.92 Å². The molecule has 1 saturated carbocycles. The van der Waals surface area contributed by atoms with E-state index in [1.165, 1.54) is 38.5 Å². The Kier molecular flexibility index (Phi) is 3.92. The third kappa shape index (κ3) is 3.24. The van der Waals surface area contributed by atoms with Gasteiger partial charge in [0.15, 0.2) is 0 Å². The van der Waals surface area contributed by atoms with E-state index in [1.807, 2.05) is 0 Å². The fourth-order valence-electron chi connectivity index (χ4n) is 1.94. The molecule has 1 fully saturated rings. The smallest absolute Gasteiger partial charge is 0.00515 e. The highest BCUT2D eigenvalue weighted by atomic mass is 14.5. The van der Waals surface area contributed by atoms with Gasteiger partial charge in [0.05, 0.1) is 0 Å². The largest absolute Gasteiger partial charge is 0.330 e. The highest BCUT2D eigenvalue weighted by molar-refractivity contribution is 4.68. The van der Waals surface area contributed by atoms with Crippen molar-refractivity contribution in [1.82, 2.24) is 0 Å². The first-order chi connectivity index (χ1) is 5.33. The molecule has 66 valence electrons. The minimum absolute atomic E-state index is 0.746. The molecule has 1 nitrogen and oxygen atoms in total. The topological polar surface area (TPSA) is 26.0 Å². The minimum atomic E-state index is 0.746. The molecule has 0 saturated heterocycles. The summed E-state index contributed by atoms with van der Waals surface area (Å²) in [5, 5.41) is 0. The van der Waals surface area contributed by atoms with Crippen molar-refractivity contribution < 1.29 is 0 Å². The van der Waals surface area contributed by atoms with Gasteiger partial charge in [0, 0.05) is 0 Å². The lowest BCUT2D eigenvalue weighted by atomic mass is 9.96. The SMILES string of the molecule is C[C@H](CN)CCC1CCCC1. The van der Waals surface area contributed by atoms with Gasteiger partial charge in [0.2, 0.25) is 0 Å². The molecule has 0 aliphatic heterocycles. The van der Waals surface area contributed by atoms with Gasteiger partial charge in [0.1, 0.15) is 0 Å². The van der Waals surface area contributed by atoms with Crippen LogP contribution >= 0.6 is 0 Å². The van der Waals surface area contributed by atoms with Crippen molar-refractivity contribution in [2.45, 2.75) is 45.4 Å². The zero-order valence-corrected chi connectivity index (χ0v) is 7.68. The molecule has 0 spiro atoms. The summed E-state index contributed by atoms with van der Waals surface area (Å²) in [7, 11) is 0. The van der Waals surface area contributed by atoms with Crippen LogP contribution in [-0.4, -0.2) is 6.54 Å². The van der Waals surface area contributed by atoms with Crippen molar-refractivity contribution in [2.75, 3.05) is 6.54 Å². The molecule has 1 aliphatic rings. The Balaban J connectivity index is 2.01. The maximum Gasteiger partial charge on any atom is -0.00515 e. The maximum absolute atomic E-state index is 5.56. The van der Waals surface area contributed by atoms with E-state index in [4.69, 9.17) is 5.73 Å². The summed E-state index contributed by atoms with van der Waals surface area (Å²) in [5.41, 5.74) is 5.56. The molecular formula is C10H21N. The van der Waals surface area contributed by atoms with Crippen LogP contribution in [0.25, 0.3) is 0 Å². The second-order valence-corrected chi connectivity index (χ2v) is 4.07. The molecular weight excluding hydrogens is 134 g/mol. The summed E-state index contributed by atoms with van der Waals surface area (Å²) in [4.78, 5) is 0. The first-order valence-electron chi connectivity index (χ1n) is 5.03. The Morgan fingerprint density at radius 1 is 1.36 bits per heavy atom. The van der Waals surface area contributed by atoms with E-state index >= 15 is 0 Å². The molecule has 1 heteroatoms. The average Bonchev–Trinajstić information content (AvgIpc) is 2.52. The molecule has 0 aromatic carbocycles. The number of hydrogen-bond donors (Lipinski definition) is 1. The normalized spacial score (nSPS) is 22.4. The van der Waals surface area contributed by atoms with Crippen molar-refractivity contribution in [1.29, 1.82) is 0 Å². The predicted molar refractivity (Wildman–Crippen MR) is 49.4 cm³/mol. The number of hydrogen-bond acceptors (Lipinski definition) is 1. The van der Waals surface area contributed by atoms with Crippen molar-refractivity contribution >= 4 is 0 Å². The summed E-state index contributed by atoms with van der Waals surface area (Å²) < 4.78 is 0. The van der Waals surface area contributed by atoms with Crippen LogP contribution in [0.15, 0.2) is 0 Å². The van der Waals surface area contributed by atoms with Crippen LogP contribution < -0.4 is 5.73 Å². The monoisotopic (exact) mass is 155 g/mol. The van der Waals surface area contributed by atoms with Crippen LogP contribution in [0.4, 0.5) is 0 Å². The summed E-state index contributed by atoms with van der Waals surface area (Å²) in [6, 6.07) is 0. The van der Waals surface area contributed by atoms with Crippen LogP contribution in [0.5, 0.6) is 0 Å². The van der Waals surface area contributed by atoms with Crippen LogP contribution in [-0.2, 0) is 0 Å². The lowest BCUT2D eigenvalue weighted by Gasteiger charge is -2.11. The van der Waals surface area contributed by atoms with E-state index in [-0.39, 0.29) is 0 Å². The summed E-state index contributed by atoms with van der Waals surface area (Å²) in [6.07, 6.45) is 8.69. The van der Waals surface area contributed by atoms with Gasteiger partial charge in [-0.25, -0.2) is 0 Å². The van der Waals surface area contributed by atoms with Gasteiger partial charge in [-0.15, -0.1) is 0 Å². The maximum atomic E-state index is 5.56. The fourth-order valence-corrected chi connectivity index (χ4v) is 1.94. The van der Waals surface area contributed by atoms with Gasteiger partial charge in [0.25, 0.3) is 0 Å². The molecule has 0 heterocycles. The van der Waals surface area contributed by atoms with E-state index in [0.717, 1.165) is 18.4 Å². The molecule has 0 aromatic heterocycles. The molecule has 1 atom stereocenters. The van der Waals surface area contributed by atoms with E-state index in [9.17, 15) is 0 Å². The van der Waals surface area contributed by atoms with Gasteiger partial charge in [-0.1, -0.05) is 39.0 Å². The first kappa shape index (κ1) is 9.05. The van der Waals surface area contributed by atoms with Crippen molar-refractivity contribution in [2.24, 2.45) is 17.6 Å². The predicted octanol–water partition coefficient (Wildman–Crippen LogP) is 2.55. The molecule has 1 rings (SSSR count). The van der Waals surface area contributed by atoms with E-state index < -0.39 is 0 Å². The average molecular weight is 155 g/mol. The van der Waals surface area contributed by atoms with E-state index in [0.29, 0.717) is 0 Å². The van der Waals surface area contributed by atoms with Gasteiger partial charge in [-0.05, 0) is 24.8 Å². The summed E-state index contributed by atoms with van der Waals surface area (Å²) in [5.74, 6) is 1.79. The van der Waals surface area contributed by atoms with Gasteiger partial charge in [-0.3, -0.25) is 0 Å². The molecule has 1 aliphatic carbocycles. The standard InChI is InChI=1S/C10H21N/c1-9(8-11)6-7-10-4-2-3-5-10/h9-10H,2-8,11H2,1H3/t9-/m0/s1. The lowest BCUT2D eigenvalue weighted by Crippen LogP contribution is -2.11. The Morgan fingerprint density at radius 3 is 2.55 bits per heavy atom. The molecule has 2 N–H and O–H groups in total. The van der Waals surface area contributed by atoms with Crippen LogP contribution in [0, 0.1) is 11.8 Å². The van der Waals surface area contributed by atoms with Gasteiger partial charge < -0.3 is 5.73 Å². The lowest BCUT2D eigenvalue weighted by molar-refractivity contribution is 0.420. The van der Waals surface area contributed by atoms with Crippen LogP contribution in [0.2, 0.25) is 0 Å². The number of nitrogens with two attached hydrogens (primary N) is 1. The highest BCUT2D eigenvalue weighted by Crippen LogP contribution is 2.29. The van der Waals surface area contributed by atoms with E-state index in [1.54, 1.807) is 0 Å². The molecule has 0 radical (unpaired) electrons. The zero-order valence-electron chi connectivity index (χ0n) is 7.68. The third-order valence-electron chi connectivity index (χ3n) is 2.94. The summed E-state index contributed by atoms with van der Waals surface area (Å²) >= 11 is 0. The fraction of sp³-hybridized carbons (Fsp3) is 1.00. The quantitative estimate of drug-likeness (QED) is 0.663. The van der Waals surface area contributed by atoms with Crippen molar-refractivity contribution in [3.63, 3.8) is 0 Å². The Hall–Kier alpha value is -0.0400. The minimum Gasteiger partial charge on any atom is -0.330 e. The van der Waals surface area contributed by atoms with Crippen molar-refractivity contribution in [3.05, 3.63) is 0 Å². The van der Waals surface area contributed by atoms with Crippen LogP contribution in [0.3, 0.4) is 0 Å². The van der Waals surface area contributed by atoms with Crippen LogP contribution in [0.1, 0.15) is 45.4 Å². The summed E-state index contributed by atoms with van der Waals surface area (Å²) in [6.45, 7) is 3.13. The van der Waals surface area contributed by atoms with Crippen molar-refractivity contribution in [3.8, 4) is 0 Å². The molecule has 11 heavy (non-hydrogen) atoms. The Bertz CT molecular complexity index is 95.0. The molecule has 0 bridgehead atoms. The Morgan fingerprint density at radius 2 is 2.00 bits per heavy atom. The molecule has 0 aromatic rings. The number of rotatable bonds is 4.